The fourth-order valence-corrected chi connectivity index (χ4v) is 3.43. The summed E-state index contributed by atoms with van der Waals surface area (Å²) in [6, 6.07) is 6.86. The molecule has 0 radical (unpaired) electrons. The van der Waals surface area contributed by atoms with Gasteiger partial charge in [-0.15, -0.1) is 11.8 Å². The summed E-state index contributed by atoms with van der Waals surface area (Å²) in [5, 5.41) is 7.38. The van der Waals surface area contributed by atoms with Gasteiger partial charge in [0.05, 0.1) is 12.3 Å². The molecule has 2 amide bonds. The number of halogens is 2. The van der Waals surface area contributed by atoms with E-state index < -0.39 is 0 Å². The monoisotopic (exact) mass is 401 g/mol. The van der Waals surface area contributed by atoms with Gasteiger partial charge in [0.1, 0.15) is 5.76 Å². The fraction of sp³-hybridized carbons (Fsp3) is 0.312. The van der Waals surface area contributed by atoms with E-state index in [1.807, 2.05) is 6.07 Å². The number of nitrogens with one attached hydrogen (secondary N) is 1. The van der Waals surface area contributed by atoms with Gasteiger partial charge >= 0.3 is 0 Å². The minimum atomic E-state index is -0.338. The Hall–Kier alpha value is -1.70. The highest BCUT2D eigenvalue weighted by molar-refractivity contribution is 7.99. The Labute approximate surface area is 159 Å². The van der Waals surface area contributed by atoms with Crippen LogP contribution in [0.3, 0.4) is 0 Å². The molecule has 0 atom stereocenters. The van der Waals surface area contributed by atoms with Crippen LogP contribution >= 0.6 is 35.0 Å². The summed E-state index contributed by atoms with van der Waals surface area (Å²) in [6.45, 7) is 1.66. The molecule has 0 fully saturated rings. The zero-order valence-corrected chi connectivity index (χ0v) is 16.0. The number of hydrogen-bond donors (Lipinski definition) is 1. The molecule has 1 heterocycles. The second-order valence-electron chi connectivity index (χ2n) is 5.35. The van der Waals surface area contributed by atoms with Gasteiger partial charge in [0.15, 0.2) is 5.82 Å². The lowest BCUT2D eigenvalue weighted by Gasteiger charge is -2.16. The average molecular weight is 402 g/mol. The van der Waals surface area contributed by atoms with E-state index in [1.54, 1.807) is 32.2 Å². The number of anilines is 1. The zero-order chi connectivity index (χ0) is 18.4. The summed E-state index contributed by atoms with van der Waals surface area (Å²) in [4.78, 5) is 25.3. The predicted molar refractivity (Wildman–Crippen MR) is 100 cm³/mol. The van der Waals surface area contributed by atoms with Crippen LogP contribution in [0, 0.1) is 6.92 Å². The number of aryl methyl sites for hydroxylation is 1. The number of likely N-dealkylation sites (N-methyl/N-ethyl adjacent to an activating group) is 1. The third kappa shape index (κ3) is 6.26. The molecule has 1 N–H and O–H groups in total. The minimum Gasteiger partial charge on any atom is -0.360 e. The lowest BCUT2D eigenvalue weighted by Crippen LogP contribution is -2.36. The lowest BCUT2D eigenvalue weighted by molar-refractivity contribution is -0.131. The number of carbonyl (C=O) groups is 2. The van der Waals surface area contributed by atoms with Gasteiger partial charge in [-0.2, -0.15) is 0 Å². The van der Waals surface area contributed by atoms with Gasteiger partial charge in [-0.1, -0.05) is 34.4 Å². The van der Waals surface area contributed by atoms with Crippen LogP contribution in [0.2, 0.25) is 10.0 Å². The number of rotatable bonds is 7. The summed E-state index contributed by atoms with van der Waals surface area (Å²) >= 11 is 13.4. The molecule has 9 heteroatoms. The number of aromatic nitrogens is 1. The quantitative estimate of drug-likeness (QED) is 0.766. The van der Waals surface area contributed by atoms with Gasteiger partial charge in [0.25, 0.3) is 0 Å². The number of amides is 2. The van der Waals surface area contributed by atoms with Gasteiger partial charge < -0.3 is 14.7 Å². The molecule has 0 bridgehead atoms. The number of benzene rings is 1. The first-order valence-corrected chi connectivity index (χ1v) is 9.25. The number of thioether (sulfide) groups is 1. The number of hydrogen-bond acceptors (Lipinski definition) is 5. The Balaban J connectivity index is 1.75. The molecule has 1 aromatic carbocycles. The van der Waals surface area contributed by atoms with Crippen LogP contribution in [0.25, 0.3) is 0 Å². The molecule has 0 aliphatic carbocycles. The van der Waals surface area contributed by atoms with Crippen molar-refractivity contribution in [3.05, 3.63) is 45.6 Å². The van der Waals surface area contributed by atoms with Crippen molar-refractivity contribution in [2.45, 2.75) is 12.7 Å². The molecule has 6 nitrogen and oxygen atoms in total. The van der Waals surface area contributed by atoms with E-state index >= 15 is 0 Å². The maximum Gasteiger partial charge on any atom is 0.245 e. The smallest absolute Gasteiger partial charge is 0.245 e. The molecular weight excluding hydrogens is 385 g/mol. The summed E-state index contributed by atoms with van der Waals surface area (Å²) in [5.74, 6) is 1.26. The largest absolute Gasteiger partial charge is 0.360 e. The van der Waals surface area contributed by atoms with Crippen LogP contribution in [-0.2, 0) is 15.3 Å². The van der Waals surface area contributed by atoms with Gasteiger partial charge in [-0.25, -0.2) is 0 Å². The highest BCUT2D eigenvalue weighted by Crippen LogP contribution is 2.24. The molecule has 25 heavy (non-hydrogen) atoms. The molecule has 0 spiro atoms. The van der Waals surface area contributed by atoms with Crippen LogP contribution < -0.4 is 5.32 Å². The summed E-state index contributed by atoms with van der Waals surface area (Å²) in [7, 11) is 1.58. The third-order valence-electron chi connectivity index (χ3n) is 3.20. The molecule has 2 aromatic rings. The predicted octanol–water partition coefficient (Wildman–Crippen LogP) is 3.62. The average Bonchev–Trinajstić information content (AvgIpc) is 2.94. The van der Waals surface area contributed by atoms with Crippen LogP contribution in [0.1, 0.15) is 11.3 Å². The molecular formula is C16H17Cl2N3O3S. The molecule has 1 aromatic heterocycles. The standard InChI is InChI=1S/C16H17Cl2N3O3S/c1-10-5-14(20-24-10)19-15(22)7-21(2)16(23)9-25-8-11-3-4-12(17)6-13(11)18/h3-6H,7-9H2,1-2H3,(H,19,20,22). The minimum absolute atomic E-state index is 0.0625. The van der Waals surface area contributed by atoms with Crippen LogP contribution in [0.4, 0.5) is 5.82 Å². The van der Waals surface area contributed by atoms with Crippen molar-refractivity contribution in [1.29, 1.82) is 0 Å². The van der Waals surface area contributed by atoms with Crippen molar-refractivity contribution >= 4 is 52.6 Å². The van der Waals surface area contributed by atoms with Gasteiger partial charge in [-0.05, 0) is 24.6 Å². The van der Waals surface area contributed by atoms with Crippen molar-refractivity contribution in [1.82, 2.24) is 10.1 Å². The normalized spacial score (nSPS) is 10.6. The second-order valence-corrected chi connectivity index (χ2v) is 7.18. The lowest BCUT2D eigenvalue weighted by atomic mass is 10.2. The van der Waals surface area contributed by atoms with Gasteiger partial charge in [0, 0.05) is 28.9 Å². The maximum absolute atomic E-state index is 12.1. The Morgan fingerprint density at radius 1 is 1.32 bits per heavy atom. The number of carbonyl (C=O) groups excluding carboxylic acids is 2. The van der Waals surface area contributed by atoms with E-state index in [2.05, 4.69) is 10.5 Å². The first kappa shape index (κ1) is 19.6. The van der Waals surface area contributed by atoms with E-state index in [0.717, 1.165) is 5.56 Å². The summed E-state index contributed by atoms with van der Waals surface area (Å²) in [6.07, 6.45) is 0. The molecule has 134 valence electrons. The molecule has 0 aliphatic rings. The zero-order valence-electron chi connectivity index (χ0n) is 13.7. The fourth-order valence-electron chi connectivity index (χ4n) is 1.91. The van der Waals surface area contributed by atoms with Crippen LogP contribution in [-0.4, -0.2) is 41.2 Å². The van der Waals surface area contributed by atoms with Crippen molar-refractivity contribution in [2.24, 2.45) is 0 Å². The van der Waals surface area contributed by atoms with E-state index in [4.69, 9.17) is 27.7 Å². The van der Waals surface area contributed by atoms with Crippen LogP contribution in [0.15, 0.2) is 28.8 Å². The Morgan fingerprint density at radius 3 is 2.72 bits per heavy atom. The Morgan fingerprint density at radius 2 is 2.08 bits per heavy atom. The number of nitrogens with zero attached hydrogens (tertiary/aromatic N) is 2. The van der Waals surface area contributed by atoms with Gasteiger partial charge in [0.2, 0.25) is 11.8 Å². The van der Waals surface area contributed by atoms with Crippen LogP contribution in [0.5, 0.6) is 0 Å². The SMILES string of the molecule is Cc1cc(NC(=O)CN(C)C(=O)CSCc2ccc(Cl)cc2Cl)no1. The molecule has 0 unspecified atom stereocenters. The van der Waals surface area contributed by atoms with E-state index in [9.17, 15) is 9.59 Å². The molecule has 0 saturated heterocycles. The van der Waals surface area contributed by atoms with Gasteiger partial charge in [-0.3, -0.25) is 9.59 Å². The first-order chi connectivity index (χ1) is 11.8. The summed E-state index contributed by atoms with van der Waals surface area (Å²) < 4.78 is 4.86. The first-order valence-electron chi connectivity index (χ1n) is 7.34. The van der Waals surface area contributed by atoms with E-state index in [1.165, 1.54) is 16.7 Å². The van der Waals surface area contributed by atoms with Crippen molar-refractivity contribution < 1.29 is 14.1 Å². The van der Waals surface area contributed by atoms with E-state index in [0.29, 0.717) is 27.4 Å². The van der Waals surface area contributed by atoms with E-state index in [-0.39, 0.29) is 24.1 Å². The van der Waals surface area contributed by atoms with Crippen molar-refractivity contribution in [3.8, 4) is 0 Å². The molecule has 0 aliphatic heterocycles. The highest BCUT2D eigenvalue weighted by Gasteiger charge is 2.14. The maximum atomic E-state index is 12.1. The van der Waals surface area contributed by atoms with Crippen molar-refractivity contribution in [2.75, 3.05) is 24.7 Å². The second kappa shape index (κ2) is 9.12. The third-order valence-corrected chi connectivity index (χ3v) is 4.75. The Bertz CT molecular complexity index is 767. The molecule has 2 rings (SSSR count). The Kier molecular flexibility index (Phi) is 7.16. The topological polar surface area (TPSA) is 75.4 Å². The van der Waals surface area contributed by atoms with Crippen molar-refractivity contribution in [3.63, 3.8) is 0 Å². The highest BCUT2D eigenvalue weighted by atomic mass is 35.5. The molecule has 0 saturated carbocycles. The summed E-state index contributed by atoms with van der Waals surface area (Å²) in [5.41, 5.74) is 0.908.